The van der Waals surface area contributed by atoms with Crippen molar-refractivity contribution in [3.63, 3.8) is 0 Å². The lowest BCUT2D eigenvalue weighted by molar-refractivity contribution is 0.181. The zero-order chi connectivity index (χ0) is 19.5. The van der Waals surface area contributed by atoms with E-state index in [0.29, 0.717) is 13.1 Å². The van der Waals surface area contributed by atoms with Crippen LogP contribution in [0.2, 0.25) is 0 Å². The summed E-state index contributed by atoms with van der Waals surface area (Å²) in [5.74, 6) is 0.0854. The van der Waals surface area contributed by atoms with Gasteiger partial charge >= 0.3 is 0 Å². The predicted octanol–water partition coefficient (Wildman–Crippen LogP) is 3.63. The second-order valence-electron chi connectivity index (χ2n) is 8.36. The van der Waals surface area contributed by atoms with Gasteiger partial charge in [0.15, 0.2) is 0 Å². The summed E-state index contributed by atoms with van der Waals surface area (Å²) in [4.78, 5) is 2.33. The van der Waals surface area contributed by atoms with Crippen LogP contribution in [0, 0.1) is 0 Å². The highest BCUT2D eigenvalue weighted by molar-refractivity contribution is 7.88. The van der Waals surface area contributed by atoms with E-state index in [9.17, 15) is 8.42 Å². The molecule has 2 aromatic carbocycles. The van der Waals surface area contributed by atoms with Crippen molar-refractivity contribution in [1.82, 2.24) is 9.21 Å². The van der Waals surface area contributed by atoms with Gasteiger partial charge < -0.3 is 0 Å². The molecule has 5 heteroatoms. The Kier molecular flexibility index (Phi) is 6.04. The number of rotatable bonds is 5. The molecule has 0 atom stereocenters. The lowest BCUT2D eigenvalue weighted by Crippen LogP contribution is -2.48. The normalized spacial score (nSPS) is 17.1. The van der Waals surface area contributed by atoms with Crippen molar-refractivity contribution in [2.75, 3.05) is 26.2 Å². The van der Waals surface area contributed by atoms with Crippen LogP contribution in [-0.4, -0.2) is 43.8 Å². The number of piperazine rings is 1. The summed E-state index contributed by atoms with van der Waals surface area (Å²) < 4.78 is 27.0. The third-order valence-electron chi connectivity index (χ3n) is 5.14. The van der Waals surface area contributed by atoms with Gasteiger partial charge in [-0.2, -0.15) is 4.31 Å². The van der Waals surface area contributed by atoms with Crippen molar-refractivity contribution in [2.24, 2.45) is 0 Å². The van der Waals surface area contributed by atoms with Crippen LogP contribution in [0.15, 0.2) is 54.6 Å². The molecule has 0 radical (unpaired) electrons. The van der Waals surface area contributed by atoms with E-state index < -0.39 is 10.0 Å². The van der Waals surface area contributed by atoms with Crippen LogP contribution in [0.5, 0.6) is 0 Å². The summed E-state index contributed by atoms with van der Waals surface area (Å²) in [5.41, 5.74) is 3.63. The summed E-state index contributed by atoms with van der Waals surface area (Å²) in [6, 6.07) is 18.2. The van der Waals surface area contributed by atoms with Gasteiger partial charge in [0.1, 0.15) is 0 Å². The maximum atomic E-state index is 12.7. The summed E-state index contributed by atoms with van der Waals surface area (Å²) >= 11 is 0. The third kappa shape index (κ3) is 5.41. The van der Waals surface area contributed by atoms with Gasteiger partial charge in [0.05, 0.1) is 5.75 Å². The van der Waals surface area contributed by atoms with Gasteiger partial charge in [0.2, 0.25) is 10.0 Å². The van der Waals surface area contributed by atoms with E-state index in [2.05, 4.69) is 49.9 Å². The quantitative estimate of drug-likeness (QED) is 0.788. The lowest BCUT2D eigenvalue weighted by atomic mass is 9.87. The van der Waals surface area contributed by atoms with Gasteiger partial charge in [0, 0.05) is 32.7 Å². The zero-order valence-electron chi connectivity index (χ0n) is 16.6. The summed E-state index contributed by atoms with van der Waals surface area (Å²) in [6.07, 6.45) is 0. The van der Waals surface area contributed by atoms with Crippen LogP contribution >= 0.6 is 0 Å². The average molecular weight is 387 g/mol. The van der Waals surface area contributed by atoms with Gasteiger partial charge in [0.25, 0.3) is 0 Å². The van der Waals surface area contributed by atoms with E-state index in [4.69, 9.17) is 0 Å². The van der Waals surface area contributed by atoms with E-state index >= 15 is 0 Å². The van der Waals surface area contributed by atoms with Gasteiger partial charge in [-0.25, -0.2) is 8.42 Å². The molecule has 1 aliphatic heterocycles. The standard InChI is InChI=1S/C22H30N2O2S/c1-22(2,3)21-11-9-19(10-12-21)17-23-13-15-24(16-14-23)27(25,26)18-20-7-5-4-6-8-20/h4-12H,13-18H2,1-3H3. The molecule has 3 rings (SSSR count). The second kappa shape index (κ2) is 8.13. The Hall–Kier alpha value is -1.69. The molecule has 146 valence electrons. The molecule has 0 aromatic heterocycles. The van der Waals surface area contributed by atoms with Crippen LogP contribution in [0.1, 0.15) is 37.5 Å². The summed E-state index contributed by atoms with van der Waals surface area (Å²) in [7, 11) is -3.25. The molecule has 0 amide bonds. The van der Waals surface area contributed by atoms with E-state index in [0.717, 1.165) is 25.2 Å². The molecular weight excluding hydrogens is 356 g/mol. The van der Waals surface area contributed by atoms with Gasteiger partial charge in [-0.3, -0.25) is 4.90 Å². The first-order chi connectivity index (χ1) is 12.7. The molecular formula is C22H30N2O2S. The number of hydrogen-bond acceptors (Lipinski definition) is 3. The second-order valence-corrected chi connectivity index (χ2v) is 10.3. The Morgan fingerprint density at radius 3 is 1.96 bits per heavy atom. The molecule has 0 saturated carbocycles. The molecule has 1 fully saturated rings. The first-order valence-corrected chi connectivity index (χ1v) is 11.2. The van der Waals surface area contributed by atoms with E-state index in [1.807, 2.05) is 30.3 Å². The zero-order valence-corrected chi connectivity index (χ0v) is 17.4. The van der Waals surface area contributed by atoms with E-state index in [-0.39, 0.29) is 11.2 Å². The minimum atomic E-state index is -3.25. The molecule has 0 unspecified atom stereocenters. The third-order valence-corrected chi connectivity index (χ3v) is 6.99. The van der Waals surface area contributed by atoms with Crippen LogP contribution in [0.4, 0.5) is 0 Å². The molecule has 0 N–H and O–H groups in total. The monoisotopic (exact) mass is 386 g/mol. The first-order valence-electron chi connectivity index (χ1n) is 9.57. The van der Waals surface area contributed by atoms with Crippen LogP contribution in [-0.2, 0) is 27.7 Å². The van der Waals surface area contributed by atoms with Crippen molar-refractivity contribution < 1.29 is 8.42 Å². The minimum Gasteiger partial charge on any atom is -0.296 e. The van der Waals surface area contributed by atoms with Crippen molar-refractivity contribution in [3.05, 3.63) is 71.3 Å². The fourth-order valence-electron chi connectivity index (χ4n) is 3.41. The van der Waals surface area contributed by atoms with Crippen LogP contribution in [0.3, 0.4) is 0 Å². The van der Waals surface area contributed by atoms with Crippen LogP contribution in [0.25, 0.3) is 0 Å². The fourth-order valence-corrected chi connectivity index (χ4v) is 4.93. The van der Waals surface area contributed by atoms with Crippen molar-refractivity contribution >= 4 is 10.0 Å². The van der Waals surface area contributed by atoms with Gasteiger partial charge in [-0.1, -0.05) is 75.4 Å². The Balaban J connectivity index is 1.54. The molecule has 1 saturated heterocycles. The number of benzene rings is 2. The SMILES string of the molecule is CC(C)(C)c1ccc(CN2CCN(S(=O)(=O)Cc3ccccc3)CC2)cc1. The first kappa shape index (κ1) is 20.1. The fraction of sp³-hybridized carbons (Fsp3) is 0.455. The molecule has 4 nitrogen and oxygen atoms in total. The lowest BCUT2D eigenvalue weighted by Gasteiger charge is -2.34. The van der Waals surface area contributed by atoms with Crippen LogP contribution < -0.4 is 0 Å². The van der Waals surface area contributed by atoms with E-state index in [1.165, 1.54) is 11.1 Å². The maximum Gasteiger partial charge on any atom is 0.218 e. The average Bonchev–Trinajstić information content (AvgIpc) is 2.62. The topological polar surface area (TPSA) is 40.6 Å². The predicted molar refractivity (Wildman–Crippen MR) is 111 cm³/mol. The molecule has 0 bridgehead atoms. The molecule has 2 aromatic rings. The van der Waals surface area contributed by atoms with Crippen molar-refractivity contribution in [2.45, 2.75) is 38.5 Å². The van der Waals surface area contributed by atoms with Crippen molar-refractivity contribution in [1.29, 1.82) is 0 Å². The molecule has 0 aliphatic carbocycles. The highest BCUT2D eigenvalue weighted by Crippen LogP contribution is 2.23. The Morgan fingerprint density at radius 2 is 1.41 bits per heavy atom. The summed E-state index contributed by atoms with van der Waals surface area (Å²) in [5, 5.41) is 0. The Bertz CT molecular complexity index is 832. The smallest absolute Gasteiger partial charge is 0.218 e. The molecule has 1 heterocycles. The van der Waals surface area contributed by atoms with Gasteiger partial charge in [-0.15, -0.1) is 0 Å². The maximum absolute atomic E-state index is 12.7. The van der Waals surface area contributed by atoms with Crippen molar-refractivity contribution in [3.8, 4) is 0 Å². The van der Waals surface area contributed by atoms with Gasteiger partial charge in [-0.05, 0) is 22.1 Å². The number of hydrogen-bond donors (Lipinski definition) is 0. The molecule has 0 spiro atoms. The minimum absolute atomic E-state index is 0.0854. The largest absolute Gasteiger partial charge is 0.296 e. The Morgan fingerprint density at radius 1 is 0.815 bits per heavy atom. The Labute approximate surface area is 163 Å². The number of nitrogens with zero attached hydrogens (tertiary/aromatic N) is 2. The molecule has 27 heavy (non-hydrogen) atoms. The molecule has 1 aliphatic rings. The number of sulfonamides is 1. The summed E-state index contributed by atoms with van der Waals surface area (Å²) in [6.45, 7) is 10.2. The highest BCUT2D eigenvalue weighted by atomic mass is 32.2. The highest BCUT2D eigenvalue weighted by Gasteiger charge is 2.27. The van der Waals surface area contributed by atoms with E-state index in [1.54, 1.807) is 4.31 Å².